The summed E-state index contributed by atoms with van der Waals surface area (Å²) in [6.07, 6.45) is 0.256. The van der Waals surface area contributed by atoms with Crippen molar-refractivity contribution in [2.45, 2.75) is 20.3 Å². The number of hydrogen-bond donors (Lipinski definition) is 1. The number of benzene rings is 2. The lowest BCUT2D eigenvalue weighted by Gasteiger charge is -2.06. The van der Waals surface area contributed by atoms with Crippen molar-refractivity contribution in [1.29, 1.82) is 0 Å². The zero-order valence-corrected chi connectivity index (χ0v) is 14.4. The van der Waals surface area contributed by atoms with E-state index in [2.05, 4.69) is 21.6 Å². The van der Waals surface area contributed by atoms with Crippen LogP contribution in [0.15, 0.2) is 46.9 Å². The molecule has 6 heteroatoms. The Morgan fingerprint density at radius 3 is 2.56 bits per heavy atom. The molecule has 2 aromatic carbocycles. The molecular formula is C19H19N3O3. The molecule has 25 heavy (non-hydrogen) atoms. The highest BCUT2D eigenvalue weighted by Gasteiger charge is 2.12. The molecule has 3 aromatic rings. The van der Waals surface area contributed by atoms with Gasteiger partial charge in [-0.05, 0) is 49.2 Å². The minimum absolute atomic E-state index is 0.0839. The van der Waals surface area contributed by atoms with Crippen molar-refractivity contribution in [3.05, 3.63) is 59.2 Å². The molecule has 0 spiro atoms. The fourth-order valence-corrected chi connectivity index (χ4v) is 2.50. The molecule has 0 saturated carbocycles. The number of ether oxygens (including phenoxy) is 1. The molecule has 0 aliphatic heterocycles. The molecule has 6 nitrogen and oxygen atoms in total. The Morgan fingerprint density at radius 1 is 1.12 bits per heavy atom. The molecule has 1 heterocycles. The first-order chi connectivity index (χ1) is 12.0. The summed E-state index contributed by atoms with van der Waals surface area (Å²) < 4.78 is 10.6. The third kappa shape index (κ3) is 4.03. The molecule has 1 aromatic heterocycles. The maximum absolute atomic E-state index is 12.2. The number of amides is 1. The number of nitrogens with one attached hydrogen (secondary N) is 1. The van der Waals surface area contributed by atoms with Gasteiger partial charge in [0.15, 0.2) is 0 Å². The van der Waals surface area contributed by atoms with Crippen molar-refractivity contribution in [2.75, 3.05) is 12.4 Å². The van der Waals surface area contributed by atoms with E-state index in [0.717, 1.165) is 22.4 Å². The van der Waals surface area contributed by atoms with Crippen molar-refractivity contribution >= 4 is 11.9 Å². The lowest BCUT2D eigenvalue weighted by atomic mass is 10.0. The second kappa shape index (κ2) is 7.17. The molecule has 0 fully saturated rings. The molecule has 0 aliphatic carbocycles. The Hall–Kier alpha value is -3.15. The number of aromatic nitrogens is 2. The van der Waals surface area contributed by atoms with Crippen molar-refractivity contribution in [3.8, 4) is 17.2 Å². The predicted octanol–water partition coefficient (Wildman–Crippen LogP) is 3.54. The van der Waals surface area contributed by atoms with Gasteiger partial charge in [-0.15, -0.1) is 5.10 Å². The van der Waals surface area contributed by atoms with E-state index in [1.54, 1.807) is 19.2 Å². The highest BCUT2D eigenvalue weighted by molar-refractivity contribution is 5.90. The van der Waals surface area contributed by atoms with Crippen LogP contribution in [-0.2, 0) is 11.2 Å². The van der Waals surface area contributed by atoms with E-state index in [1.165, 1.54) is 5.56 Å². The monoisotopic (exact) mass is 337 g/mol. The lowest BCUT2D eigenvalue weighted by Crippen LogP contribution is -2.15. The minimum atomic E-state index is -0.197. The third-order valence-electron chi connectivity index (χ3n) is 3.86. The Kier molecular flexibility index (Phi) is 4.79. The fraction of sp³-hybridized carbons (Fsp3) is 0.211. The molecular weight excluding hydrogens is 318 g/mol. The topological polar surface area (TPSA) is 77.3 Å². The van der Waals surface area contributed by atoms with Crippen molar-refractivity contribution in [2.24, 2.45) is 0 Å². The Bertz CT molecular complexity index is 885. The Morgan fingerprint density at radius 2 is 1.88 bits per heavy atom. The normalized spacial score (nSPS) is 10.5. The molecule has 1 N–H and O–H groups in total. The van der Waals surface area contributed by atoms with Gasteiger partial charge in [-0.3, -0.25) is 10.1 Å². The molecule has 0 radical (unpaired) electrons. The highest BCUT2D eigenvalue weighted by Crippen LogP contribution is 2.22. The van der Waals surface area contributed by atoms with Crippen LogP contribution in [-0.4, -0.2) is 23.2 Å². The van der Waals surface area contributed by atoms with E-state index >= 15 is 0 Å². The standard InChI is InChI=1S/C19H19N3O3/c1-12-4-5-15(13(2)10-12)11-17(23)20-19-22-21-18(25-19)14-6-8-16(24-3)9-7-14/h4-10H,11H2,1-3H3,(H,20,22,23). The van der Waals surface area contributed by atoms with Crippen LogP contribution in [0.3, 0.4) is 0 Å². The van der Waals surface area contributed by atoms with Crippen LogP contribution in [0, 0.1) is 13.8 Å². The largest absolute Gasteiger partial charge is 0.497 e. The first kappa shape index (κ1) is 16.7. The minimum Gasteiger partial charge on any atom is -0.497 e. The van der Waals surface area contributed by atoms with Gasteiger partial charge in [0.1, 0.15) is 5.75 Å². The Labute approximate surface area is 145 Å². The summed E-state index contributed by atoms with van der Waals surface area (Å²) in [5.41, 5.74) is 3.98. The zero-order valence-electron chi connectivity index (χ0n) is 14.4. The number of carbonyl (C=O) groups is 1. The lowest BCUT2D eigenvalue weighted by molar-refractivity contribution is -0.115. The number of carbonyl (C=O) groups excluding carboxylic acids is 1. The van der Waals surface area contributed by atoms with Crippen LogP contribution in [0.4, 0.5) is 6.01 Å². The molecule has 0 atom stereocenters. The maximum atomic E-state index is 12.2. The molecule has 1 amide bonds. The number of anilines is 1. The third-order valence-corrected chi connectivity index (χ3v) is 3.86. The van der Waals surface area contributed by atoms with Crippen LogP contribution in [0.1, 0.15) is 16.7 Å². The summed E-state index contributed by atoms with van der Waals surface area (Å²) in [5.74, 6) is 0.881. The van der Waals surface area contributed by atoms with E-state index in [4.69, 9.17) is 9.15 Å². The molecule has 0 bridgehead atoms. The number of rotatable bonds is 5. The van der Waals surface area contributed by atoms with Gasteiger partial charge in [0.2, 0.25) is 11.8 Å². The first-order valence-corrected chi connectivity index (χ1v) is 7.89. The van der Waals surface area contributed by atoms with Gasteiger partial charge in [-0.2, -0.15) is 0 Å². The van der Waals surface area contributed by atoms with Gasteiger partial charge in [0, 0.05) is 5.56 Å². The summed E-state index contributed by atoms with van der Waals surface area (Å²) in [6, 6.07) is 13.3. The van der Waals surface area contributed by atoms with E-state index in [1.807, 2.05) is 38.1 Å². The molecule has 0 aliphatic rings. The second-order valence-electron chi connectivity index (χ2n) is 5.80. The van der Waals surface area contributed by atoms with Gasteiger partial charge in [-0.25, -0.2) is 0 Å². The van der Waals surface area contributed by atoms with Gasteiger partial charge in [0.25, 0.3) is 0 Å². The molecule has 128 valence electrons. The highest BCUT2D eigenvalue weighted by atomic mass is 16.5. The predicted molar refractivity (Wildman–Crippen MR) is 94.5 cm³/mol. The van der Waals surface area contributed by atoms with Gasteiger partial charge < -0.3 is 9.15 Å². The fourth-order valence-electron chi connectivity index (χ4n) is 2.50. The first-order valence-electron chi connectivity index (χ1n) is 7.89. The van der Waals surface area contributed by atoms with Gasteiger partial charge in [0.05, 0.1) is 13.5 Å². The van der Waals surface area contributed by atoms with Crippen molar-refractivity contribution in [3.63, 3.8) is 0 Å². The number of aryl methyl sites for hydroxylation is 2. The maximum Gasteiger partial charge on any atom is 0.322 e. The quantitative estimate of drug-likeness (QED) is 0.770. The summed E-state index contributed by atoms with van der Waals surface area (Å²) in [4.78, 5) is 12.2. The number of methoxy groups -OCH3 is 1. The summed E-state index contributed by atoms with van der Waals surface area (Å²) in [7, 11) is 1.60. The average Bonchev–Trinajstić information content (AvgIpc) is 3.06. The van der Waals surface area contributed by atoms with Gasteiger partial charge >= 0.3 is 6.01 Å². The second-order valence-corrected chi connectivity index (χ2v) is 5.80. The summed E-state index contributed by atoms with van der Waals surface area (Å²) >= 11 is 0. The average molecular weight is 337 g/mol. The van der Waals surface area contributed by atoms with Crippen LogP contribution in [0.25, 0.3) is 11.5 Å². The molecule has 3 rings (SSSR count). The van der Waals surface area contributed by atoms with Crippen LogP contribution < -0.4 is 10.1 Å². The van der Waals surface area contributed by atoms with E-state index in [-0.39, 0.29) is 18.3 Å². The molecule has 0 saturated heterocycles. The van der Waals surface area contributed by atoms with Gasteiger partial charge in [-0.1, -0.05) is 28.9 Å². The summed E-state index contributed by atoms with van der Waals surface area (Å²) in [6.45, 7) is 4.01. The Balaban J connectivity index is 1.67. The summed E-state index contributed by atoms with van der Waals surface area (Å²) in [5, 5.41) is 10.5. The smallest absolute Gasteiger partial charge is 0.322 e. The van der Waals surface area contributed by atoms with Crippen LogP contribution in [0.2, 0.25) is 0 Å². The van der Waals surface area contributed by atoms with Crippen LogP contribution >= 0.6 is 0 Å². The van der Waals surface area contributed by atoms with Crippen molar-refractivity contribution in [1.82, 2.24) is 10.2 Å². The van der Waals surface area contributed by atoms with E-state index in [9.17, 15) is 4.79 Å². The zero-order chi connectivity index (χ0) is 17.8. The SMILES string of the molecule is COc1ccc(-c2nnc(NC(=O)Cc3ccc(C)cc3C)o2)cc1. The number of hydrogen-bond acceptors (Lipinski definition) is 5. The molecule has 0 unspecified atom stereocenters. The number of nitrogens with zero attached hydrogens (tertiary/aromatic N) is 2. The van der Waals surface area contributed by atoms with Crippen molar-refractivity contribution < 1.29 is 13.9 Å². The van der Waals surface area contributed by atoms with E-state index in [0.29, 0.717) is 5.89 Å². The van der Waals surface area contributed by atoms with Crippen LogP contribution in [0.5, 0.6) is 5.75 Å². The van der Waals surface area contributed by atoms with E-state index < -0.39 is 0 Å².